The van der Waals surface area contributed by atoms with Crippen LogP contribution in [-0.2, 0) is 3.07 Å². The van der Waals surface area contributed by atoms with Gasteiger partial charge in [-0.25, -0.2) is 4.79 Å². The van der Waals surface area contributed by atoms with Gasteiger partial charge in [-0.3, -0.25) is 0 Å². The highest BCUT2D eigenvalue weighted by atomic mass is 127. The molecule has 0 bridgehead atoms. The van der Waals surface area contributed by atoms with E-state index in [1.807, 2.05) is 26.0 Å². The second-order valence-corrected chi connectivity index (χ2v) is 3.05. The predicted octanol–water partition coefficient (Wildman–Crippen LogP) is 2.81. The Bertz CT molecular complexity index is 307. The molecule has 0 saturated carbocycles. The third kappa shape index (κ3) is 1.77. The van der Waals surface area contributed by atoms with E-state index in [1.54, 1.807) is 29.1 Å². The Morgan fingerprint density at radius 1 is 1.42 bits per heavy atom. The molecular weight excluding hydrogens is 267 g/mol. The molecule has 0 fully saturated rings. The topological polar surface area (TPSA) is 26.3 Å². The van der Waals surface area contributed by atoms with Crippen molar-refractivity contribution in [3.05, 3.63) is 34.9 Å². The summed E-state index contributed by atoms with van der Waals surface area (Å²) < 4.78 is 4.60. The Morgan fingerprint density at radius 2 is 2.08 bits per heavy atom. The van der Waals surface area contributed by atoms with Crippen LogP contribution in [0.1, 0.15) is 21.5 Å². The van der Waals surface area contributed by atoms with Crippen LogP contribution in [0, 0.1) is 13.8 Å². The number of hydrogen-bond donors (Lipinski definition) is 0. The molecule has 0 radical (unpaired) electrons. The molecule has 0 amide bonds. The van der Waals surface area contributed by atoms with Crippen molar-refractivity contribution in [2.75, 3.05) is 0 Å². The van der Waals surface area contributed by atoms with E-state index >= 15 is 0 Å². The van der Waals surface area contributed by atoms with Gasteiger partial charge in [0.1, 0.15) is 0 Å². The number of rotatable bonds is 1. The lowest BCUT2D eigenvalue weighted by Gasteiger charge is -2.04. The highest BCUT2D eigenvalue weighted by Gasteiger charge is 2.09. The number of benzene rings is 1. The molecule has 1 aromatic carbocycles. The first-order valence-corrected chi connectivity index (χ1v) is 4.44. The van der Waals surface area contributed by atoms with Gasteiger partial charge in [0.05, 0.1) is 5.56 Å². The van der Waals surface area contributed by atoms with Crippen molar-refractivity contribution in [1.29, 1.82) is 0 Å². The van der Waals surface area contributed by atoms with Crippen LogP contribution >= 0.6 is 23.0 Å². The smallest absolute Gasteiger partial charge is 0.347 e. The third-order valence-electron chi connectivity index (χ3n) is 1.89. The Kier molecular flexibility index (Phi) is 3.08. The second-order valence-electron chi connectivity index (χ2n) is 2.61. The van der Waals surface area contributed by atoms with E-state index in [0.717, 1.165) is 11.1 Å². The summed E-state index contributed by atoms with van der Waals surface area (Å²) in [5.41, 5.74) is 2.73. The highest BCUT2D eigenvalue weighted by molar-refractivity contribution is 14.1. The summed E-state index contributed by atoms with van der Waals surface area (Å²) in [7, 11) is 0. The molecular formula is C9H9IO2. The first kappa shape index (κ1) is 9.51. The molecule has 0 unspecified atom stereocenters. The van der Waals surface area contributed by atoms with E-state index < -0.39 is 0 Å². The summed E-state index contributed by atoms with van der Waals surface area (Å²) in [5, 5.41) is 0. The summed E-state index contributed by atoms with van der Waals surface area (Å²) in [6, 6.07) is 5.59. The van der Waals surface area contributed by atoms with Crippen molar-refractivity contribution >= 4 is 29.0 Å². The first-order chi connectivity index (χ1) is 5.66. The van der Waals surface area contributed by atoms with Gasteiger partial charge in [0, 0.05) is 0 Å². The molecule has 2 nitrogen and oxygen atoms in total. The Morgan fingerprint density at radius 3 is 2.67 bits per heavy atom. The molecule has 1 rings (SSSR count). The zero-order valence-electron chi connectivity index (χ0n) is 6.93. The highest BCUT2D eigenvalue weighted by Crippen LogP contribution is 2.14. The monoisotopic (exact) mass is 276 g/mol. The maximum absolute atomic E-state index is 11.2. The van der Waals surface area contributed by atoms with Crippen molar-refractivity contribution in [1.82, 2.24) is 0 Å². The lowest BCUT2D eigenvalue weighted by Crippen LogP contribution is -2.01. The van der Waals surface area contributed by atoms with Crippen LogP contribution in [0.15, 0.2) is 18.2 Å². The van der Waals surface area contributed by atoms with Crippen molar-refractivity contribution in [3.63, 3.8) is 0 Å². The molecule has 1 aromatic rings. The predicted molar refractivity (Wildman–Crippen MR) is 55.4 cm³/mol. The summed E-state index contributed by atoms with van der Waals surface area (Å²) in [5.74, 6) is -0.281. The van der Waals surface area contributed by atoms with Gasteiger partial charge in [0.25, 0.3) is 0 Å². The first-order valence-electron chi connectivity index (χ1n) is 3.56. The molecule has 0 aliphatic carbocycles. The fraction of sp³-hybridized carbons (Fsp3) is 0.222. The van der Waals surface area contributed by atoms with Gasteiger partial charge in [-0.05, 0) is 31.0 Å². The van der Waals surface area contributed by atoms with Gasteiger partial charge in [-0.1, -0.05) is 12.1 Å². The maximum Gasteiger partial charge on any atom is 0.347 e. The molecule has 0 atom stereocenters. The molecule has 64 valence electrons. The van der Waals surface area contributed by atoms with Gasteiger partial charge >= 0.3 is 5.97 Å². The van der Waals surface area contributed by atoms with Gasteiger partial charge in [-0.2, -0.15) is 0 Å². The minimum Gasteiger partial charge on any atom is -0.391 e. The number of carbonyl (C=O) groups excluding carboxylic acids is 1. The van der Waals surface area contributed by atoms with E-state index in [-0.39, 0.29) is 5.97 Å². The number of carbonyl (C=O) groups is 1. The Hall–Kier alpha value is -0.580. The van der Waals surface area contributed by atoms with E-state index in [9.17, 15) is 4.79 Å². The molecule has 0 heterocycles. The standard InChI is InChI=1S/C9H9IO2/c1-6-4-3-5-8(7(6)2)9(11)12-10/h3-5H,1-2H3. The summed E-state index contributed by atoms with van der Waals surface area (Å²) in [4.78, 5) is 11.2. The fourth-order valence-corrected chi connectivity index (χ4v) is 1.25. The van der Waals surface area contributed by atoms with E-state index in [1.165, 1.54) is 0 Å². The lowest BCUT2D eigenvalue weighted by atomic mass is 10.0. The quantitative estimate of drug-likeness (QED) is 0.737. The zero-order chi connectivity index (χ0) is 9.14. The van der Waals surface area contributed by atoms with Crippen molar-refractivity contribution in [2.24, 2.45) is 0 Å². The maximum atomic E-state index is 11.2. The van der Waals surface area contributed by atoms with Gasteiger partial charge < -0.3 is 3.07 Å². The zero-order valence-corrected chi connectivity index (χ0v) is 9.08. The minimum absolute atomic E-state index is 0.281. The van der Waals surface area contributed by atoms with Crippen molar-refractivity contribution in [3.8, 4) is 0 Å². The van der Waals surface area contributed by atoms with Crippen molar-refractivity contribution in [2.45, 2.75) is 13.8 Å². The molecule has 0 saturated heterocycles. The van der Waals surface area contributed by atoms with E-state index in [4.69, 9.17) is 0 Å². The van der Waals surface area contributed by atoms with Crippen LogP contribution in [0.25, 0.3) is 0 Å². The van der Waals surface area contributed by atoms with Crippen LogP contribution in [0.3, 0.4) is 0 Å². The van der Waals surface area contributed by atoms with Crippen LogP contribution < -0.4 is 0 Å². The average Bonchev–Trinajstić information content (AvgIpc) is 2.08. The van der Waals surface area contributed by atoms with Crippen molar-refractivity contribution < 1.29 is 7.86 Å². The minimum atomic E-state index is -0.281. The SMILES string of the molecule is Cc1cccc(C(=O)OI)c1C. The van der Waals surface area contributed by atoms with Gasteiger partial charge in [-0.15, -0.1) is 0 Å². The second kappa shape index (κ2) is 3.89. The van der Waals surface area contributed by atoms with Crippen LogP contribution in [0.2, 0.25) is 0 Å². The normalized spacial score (nSPS) is 9.58. The molecule has 0 aliphatic rings. The molecule has 0 N–H and O–H groups in total. The summed E-state index contributed by atoms with van der Waals surface area (Å²) in [6.07, 6.45) is 0. The number of hydrogen-bond acceptors (Lipinski definition) is 2. The van der Waals surface area contributed by atoms with Crippen LogP contribution in [-0.4, -0.2) is 5.97 Å². The molecule has 0 aromatic heterocycles. The molecule has 0 spiro atoms. The average molecular weight is 276 g/mol. The summed E-state index contributed by atoms with van der Waals surface area (Å²) in [6.45, 7) is 3.89. The van der Waals surface area contributed by atoms with Crippen LogP contribution in [0.4, 0.5) is 0 Å². The Labute approximate surface area is 85.6 Å². The van der Waals surface area contributed by atoms with Gasteiger partial charge in [0.15, 0.2) is 23.0 Å². The largest absolute Gasteiger partial charge is 0.391 e. The van der Waals surface area contributed by atoms with E-state index in [2.05, 4.69) is 3.07 Å². The number of aryl methyl sites for hydroxylation is 1. The number of halogens is 1. The third-order valence-corrected chi connectivity index (χ3v) is 2.29. The van der Waals surface area contributed by atoms with Crippen LogP contribution in [0.5, 0.6) is 0 Å². The summed E-state index contributed by atoms with van der Waals surface area (Å²) >= 11 is 1.60. The molecule has 3 heteroatoms. The van der Waals surface area contributed by atoms with E-state index in [0.29, 0.717) is 5.56 Å². The fourth-order valence-electron chi connectivity index (χ4n) is 1.01. The van der Waals surface area contributed by atoms with Gasteiger partial charge in [0.2, 0.25) is 0 Å². The molecule has 0 aliphatic heterocycles. The Balaban J connectivity index is 3.16. The molecule has 12 heavy (non-hydrogen) atoms. The lowest BCUT2D eigenvalue weighted by molar-refractivity contribution is 0.0799.